The quantitative estimate of drug-likeness (QED) is 0.795. The Bertz CT molecular complexity index is 307. The van der Waals surface area contributed by atoms with Crippen LogP contribution in [0.4, 0.5) is 0 Å². The maximum atomic E-state index is 5.48. The molecule has 0 spiro atoms. The lowest BCUT2D eigenvalue weighted by molar-refractivity contribution is 0.410. The molecule has 0 saturated heterocycles. The highest BCUT2D eigenvalue weighted by atomic mass is 16.5. The molecule has 0 heterocycles. The van der Waals surface area contributed by atoms with Gasteiger partial charge in [0.1, 0.15) is 5.75 Å². The molecule has 0 aliphatic heterocycles. The molecule has 1 aromatic rings. The van der Waals surface area contributed by atoms with Crippen molar-refractivity contribution in [3.8, 4) is 5.75 Å². The number of aryl methyl sites for hydroxylation is 2. The van der Waals surface area contributed by atoms with Gasteiger partial charge in [-0.3, -0.25) is 0 Å². The second-order valence-corrected chi connectivity index (χ2v) is 3.63. The van der Waals surface area contributed by atoms with E-state index in [-0.39, 0.29) is 0 Å². The summed E-state index contributed by atoms with van der Waals surface area (Å²) in [6.45, 7) is 4.94. The van der Waals surface area contributed by atoms with E-state index in [1.54, 1.807) is 7.11 Å². The van der Waals surface area contributed by atoms with Crippen LogP contribution in [0.2, 0.25) is 0 Å². The smallest absolute Gasteiger partial charge is 0.122 e. The van der Waals surface area contributed by atoms with Gasteiger partial charge in [-0.25, -0.2) is 0 Å². The molecule has 1 rings (SSSR count). The number of hydrogen-bond donors (Lipinski definition) is 1. The molecule has 2 nitrogen and oxygen atoms in total. The fourth-order valence-corrected chi connectivity index (χ4v) is 1.56. The molecule has 0 unspecified atom stereocenters. The Morgan fingerprint density at radius 2 is 2.00 bits per heavy atom. The first kappa shape index (κ1) is 11.1. The lowest BCUT2D eigenvalue weighted by Gasteiger charge is -2.10. The lowest BCUT2D eigenvalue weighted by atomic mass is 10.0. The van der Waals surface area contributed by atoms with Gasteiger partial charge < -0.3 is 10.5 Å². The van der Waals surface area contributed by atoms with Crippen LogP contribution < -0.4 is 10.5 Å². The summed E-state index contributed by atoms with van der Waals surface area (Å²) >= 11 is 0. The van der Waals surface area contributed by atoms with Crippen molar-refractivity contribution in [2.75, 3.05) is 13.7 Å². The van der Waals surface area contributed by atoms with Gasteiger partial charge in [0, 0.05) is 0 Å². The minimum atomic E-state index is 0.745. The topological polar surface area (TPSA) is 35.2 Å². The van der Waals surface area contributed by atoms with Crippen LogP contribution in [-0.4, -0.2) is 13.7 Å². The molecule has 14 heavy (non-hydrogen) atoms. The van der Waals surface area contributed by atoms with Crippen molar-refractivity contribution in [2.24, 2.45) is 5.73 Å². The van der Waals surface area contributed by atoms with Crippen molar-refractivity contribution in [2.45, 2.75) is 26.7 Å². The minimum Gasteiger partial charge on any atom is -0.496 e. The van der Waals surface area contributed by atoms with Crippen molar-refractivity contribution in [3.05, 3.63) is 28.8 Å². The summed E-state index contributed by atoms with van der Waals surface area (Å²) in [7, 11) is 1.72. The first-order chi connectivity index (χ1) is 6.69. The van der Waals surface area contributed by atoms with E-state index < -0.39 is 0 Å². The fraction of sp³-hybridized carbons (Fsp3) is 0.500. The third-order valence-corrected chi connectivity index (χ3v) is 2.57. The summed E-state index contributed by atoms with van der Waals surface area (Å²) in [6, 6.07) is 4.32. The van der Waals surface area contributed by atoms with E-state index in [4.69, 9.17) is 10.5 Å². The molecule has 0 amide bonds. The molecule has 0 aliphatic rings. The van der Waals surface area contributed by atoms with Gasteiger partial charge in [-0.15, -0.1) is 0 Å². The van der Waals surface area contributed by atoms with E-state index in [9.17, 15) is 0 Å². The standard InChI is InChI=1S/C12H19NO/c1-9-7-11(5-4-6-13)8-12(14-3)10(9)2/h7-8H,4-6,13H2,1-3H3. The van der Waals surface area contributed by atoms with Gasteiger partial charge in [0.25, 0.3) is 0 Å². The predicted octanol–water partition coefficient (Wildman–Crippen LogP) is 2.20. The van der Waals surface area contributed by atoms with Gasteiger partial charge in [0.15, 0.2) is 0 Å². The second kappa shape index (κ2) is 5.01. The molecule has 1 aromatic carbocycles. The summed E-state index contributed by atoms with van der Waals surface area (Å²) in [4.78, 5) is 0. The molecule has 0 bridgehead atoms. The highest BCUT2D eigenvalue weighted by Crippen LogP contribution is 2.23. The van der Waals surface area contributed by atoms with E-state index >= 15 is 0 Å². The number of benzene rings is 1. The SMILES string of the molecule is COc1cc(CCCN)cc(C)c1C. The van der Waals surface area contributed by atoms with Gasteiger partial charge in [-0.05, 0) is 56.0 Å². The van der Waals surface area contributed by atoms with E-state index in [0.29, 0.717) is 0 Å². The molecule has 0 saturated carbocycles. The monoisotopic (exact) mass is 193 g/mol. The third-order valence-electron chi connectivity index (χ3n) is 2.57. The minimum absolute atomic E-state index is 0.745. The van der Waals surface area contributed by atoms with Crippen LogP contribution >= 0.6 is 0 Å². The van der Waals surface area contributed by atoms with Crippen molar-refractivity contribution in [1.82, 2.24) is 0 Å². The Kier molecular flexibility index (Phi) is 3.96. The molecule has 0 aliphatic carbocycles. The summed E-state index contributed by atoms with van der Waals surface area (Å²) in [6.07, 6.45) is 2.07. The second-order valence-electron chi connectivity index (χ2n) is 3.63. The Morgan fingerprint density at radius 3 is 2.57 bits per heavy atom. The molecule has 78 valence electrons. The van der Waals surface area contributed by atoms with Gasteiger partial charge in [-0.1, -0.05) is 6.07 Å². The van der Waals surface area contributed by atoms with Crippen LogP contribution in [0.15, 0.2) is 12.1 Å². The van der Waals surface area contributed by atoms with E-state index in [0.717, 1.165) is 25.1 Å². The maximum absolute atomic E-state index is 5.48. The highest BCUT2D eigenvalue weighted by molar-refractivity contribution is 5.42. The van der Waals surface area contributed by atoms with Crippen molar-refractivity contribution < 1.29 is 4.74 Å². The van der Waals surface area contributed by atoms with Crippen LogP contribution in [-0.2, 0) is 6.42 Å². The zero-order valence-corrected chi connectivity index (χ0v) is 9.26. The Morgan fingerprint density at radius 1 is 1.29 bits per heavy atom. The highest BCUT2D eigenvalue weighted by Gasteiger charge is 2.03. The lowest BCUT2D eigenvalue weighted by Crippen LogP contribution is -2.01. The molecule has 0 aromatic heterocycles. The summed E-state index contributed by atoms with van der Waals surface area (Å²) in [5, 5.41) is 0. The Balaban J connectivity index is 2.91. The number of hydrogen-bond acceptors (Lipinski definition) is 2. The van der Waals surface area contributed by atoms with E-state index in [1.165, 1.54) is 16.7 Å². The summed E-state index contributed by atoms with van der Waals surface area (Å²) < 4.78 is 5.32. The zero-order valence-electron chi connectivity index (χ0n) is 9.26. The van der Waals surface area contributed by atoms with Crippen LogP contribution in [0.1, 0.15) is 23.1 Å². The van der Waals surface area contributed by atoms with Crippen molar-refractivity contribution in [1.29, 1.82) is 0 Å². The Hall–Kier alpha value is -1.02. The average Bonchev–Trinajstić information content (AvgIpc) is 2.19. The third kappa shape index (κ3) is 2.48. The van der Waals surface area contributed by atoms with Crippen LogP contribution in [0.5, 0.6) is 5.75 Å². The Labute approximate surface area is 86.1 Å². The number of methoxy groups -OCH3 is 1. The van der Waals surface area contributed by atoms with Gasteiger partial charge in [0.05, 0.1) is 7.11 Å². The maximum Gasteiger partial charge on any atom is 0.122 e. The van der Waals surface area contributed by atoms with Crippen LogP contribution in [0.3, 0.4) is 0 Å². The van der Waals surface area contributed by atoms with Crippen molar-refractivity contribution >= 4 is 0 Å². The number of rotatable bonds is 4. The van der Waals surface area contributed by atoms with Crippen molar-refractivity contribution in [3.63, 3.8) is 0 Å². The molecular formula is C12H19NO. The van der Waals surface area contributed by atoms with Crippen LogP contribution in [0, 0.1) is 13.8 Å². The van der Waals surface area contributed by atoms with Gasteiger partial charge in [-0.2, -0.15) is 0 Å². The molecule has 2 N–H and O–H groups in total. The number of nitrogens with two attached hydrogens (primary N) is 1. The number of ether oxygens (including phenoxy) is 1. The van der Waals surface area contributed by atoms with E-state index in [2.05, 4.69) is 26.0 Å². The molecule has 0 radical (unpaired) electrons. The first-order valence-electron chi connectivity index (χ1n) is 5.03. The molecule has 0 atom stereocenters. The fourth-order valence-electron chi connectivity index (χ4n) is 1.56. The summed E-state index contributed by atoms with van der Waals surface area (Å²) in [5.74, 6) is 0.983. The average molecular weight is 193 g/mol. The van der Waals surface area contributed by atoms with Crippen LogP contribution in [0.25, 0.3) is 0 Å². The van der Waals surface area contributed by atoms with Gasteiger partial charge >= 0.3 is 0 Å². The van der Waals surface area contributed by atoms with Gasteiger partial charge in [0.2, 0.25) is 0 Å². The summed E-state index contributed by atoms with van der Waals surface area (Å²) in [5.41, 5.74) is 9.31. The molecular weight excluding hydrogens is 174 g/mol. The van der Waals surface area contributed by atoms with E-state index in [1.807, 2.05) is 0 Å². The largest absolute Gasteiger partial charge is 0.496 e. The molecule has 2 heteroatoms. The zero-order chi connectivity index (χ0) is 10.6. The normalized spacial score (nSPS) is 10.3. The predicted molar refractivity (Wildman–Crippen MR) is 59.8 cm³/mol. The molecule has 0 fully saturated rings. The first-order valence-corrected chi connectivity index (χ1v) is 5.03.